The fourth-order valence-corrected chi connectivity index (χ4v) is 4.90. The summed E-state index contributed by atoms with van der Waals surface area (Å²) in [6, 6.07) is -5.31. The van der Waals surface area contributed by atoms with Crippen molar-refractivity contribution in [3.05, 3.63) is 0 Å². The number of imide groups is 1. The molecule has 51 heavy (non-hydrogen) atoms. The number of rotatable bonds is 18. The Morgan fingerprint density at radius 1 is 0.745 bits per heavy atom. The molecule has 0 radical (unpaired) electrons. The first kappa shape index (κ1) is 46.6. The molecule has 0 unspecified atom stereocenters. The van der Waals surface area contributed by atoms with Crippen LogP contribution >= 0.6 is 0 Å². The molecule has 0 saturated carbocycles. The number of hydrogen-bond acceptors (Lipinski definition) is 9. The molecule has 17 nitrogen and oxygen atoms in total. The second-order valence-corrected chi connectivity index (χ2v) is 14.4. The van der Waals surface area contributed by atoms with E-state index in [0.717, 1.165) is 0 Å². The molecular weight excluding hydrogens is 664 g/mol. The second kappa shape index (κ2) is 21.0. The topological polar surface area (TPSA) is 207 Å². The Labute approximate surface area is 302 Å². The van der Waals surface area contributed by atoms with Crippen molar-refractivity contribution >= 4 is 47.6 Å². The molecule has 4 N–H and O–H groups in total. The van der Waals surface area contributed by atoms with Crippen LogP contribution < -0.4 is 21.3 Å². The van der Waals surface area contributed by atoms with E-state index in [2.05, 4.69) is 21.3 Å². The van der Waals surface area contributed by atoms with Gasteiger partial charge in [0.1, 0.15) is 29.8 Å². The van der Waals surface area contributed by atoms with Crippen LogP contribution in [0.5, 0.6) is 0 Å². The molecule has 0 aromatic rings. The quantitative estimate of drug-likeness (QED) is 0.158. The van der Waals surface area contributed by atoms with Crippen LogP contribution in [0, 0.1) is 11.8 Å². The molecule has 0 aliphatic heterocycles. The maximum Gasteiger partial charge on any atom is 0.409 e. The van der Waals surface area contributed by atoms with Crippen LogP contribution in [0.15, 0.2) is 0 Å². The largest absolute Gasteiger partial charge is 0.443 e. The van der Waals surface area contributed by atoms with Gasteiger partial charge in [-0.1, -0.05) is 34.6 Å². The van der Waals surface area contributed by atoms with Crippen LogP contribution in [0.1, 0.15) is 81.1 Å². The Balaban J connectivity index is 6.49. The first-order valence-corrected chi connectivity index (χ1v) is 17.2. The van der Waals surface area contributed by atoms with Crippen LogP contribution in [0.2, 0.25) is 0 Å². The number of amides is 9. The number of carbonyl (C=O) groups is 8. The molecule has 0 aromatic heterocycles. The molecule has 9 amide bonds. The van der Waals surface area contributed by atoms with Gasteiger partial charge in [0, 0.05) is 55.1 Å². The van der Waals surface area contributed by atoms with Crippen molar-refractivity contribution in [2.24, 2.45) is 11.8 Å². The first-order valence-electron chi connectivity index (χ1n) is 17.2. The summed E-state index contributed by atoms with van der Waals surface area (Å²) in [5.74, 6) is -4.04. The molecule has 0 heterocycles. The minimum absolute atomic E-state index is 0.0587. The lowest BCUT2D eigenvalue weighted by Crippen LogP contribution is -2.60. The zero-order chi connectivity index (χ0) is 40.0. The second-order valence-electron chi connectivity index (χ2n) is 14.4. The number of urea groups is 1. The smallest absolute Gasteiger partial charge is 0.409 e. The van der Waals surface area contributed by atoms with E-state index in [1.807, 2.05) is 20.8 Å². The molecule has 0 rings (SSSR count). The fourth-order valence-electron chi connectivity index (χ4n) is 4.90. The summed E-state index contributed by atoms with van der Waals surface area (Å²) in [4.78, 5) is 109. The van der Waals surface area contributed by atoms with E-state index in [1.54, 1.807) is 27.7 Å². The Morgan fingerprint density at radius 3 is 1.76 bits per heavy atom. The zero-order valence-electron chi connectivity index (χ0n) is 33.0. The average molecular weight is 727 g/mol. The van der Waals surface area contributed by atoms with Gasteiger partial charge in [0.25, 0.3) is 0 Å². The van der Waals surface area contributed by atoms with E-state index in [9.17, 15) is 38.4 Å². The summed E-state index contributed by atoms with van der Waals surface area (Å²) in [5.41, 5.74) is -1.25. The predicted octanol–water partition coefficient (Wildman–Crippen LogP) is 0.913. The molecule has 0 fully saturated rings. The Kier molecular flexibility index (Phi) is 19.2. The third kappa shape index (κ3) is 15.6. The van der Waals surface area contributed by atoms with Crippen molar-refractivity contribution in [3.8, 4) is 0 Å². The number of ether oxygens (including phenoxy) is 1. The van der Waals surface area contributed by atoms with Gasteiger partial charge in [-0.15, -0.1) is 0 Å². The van der Waals surface area contributed by atoms with E-state index in [0.29, 0.717) is 6.42 Å². The molecule has 0 bridgehead atoms. The standard InChI is InChI=1S/C34H62N8O9/c1-15-16-25(43)40(12)19-26(44)41(13)24(18-34(7,8)51-33(50)39(10)11)30(47)37-27(21(4)5)31(48)42(14)23(17-20(2)3)29(46)36-22(6)28(45)38-32(49)35-9/h20-24,27H,15-19H2,1-14H3,(H,36,46)(H,37,47)(H2,35,38,45,49)/t22-,23+,24+,27+/m1/s1. The lowest BCUT2D eigenvalue weighted by atomic mass is 9.95. The molecule has 4 atom stereocenters. The summed E-state index contributed by atoms with van der Waals surface area (Å²) >= 11 is 0. The minimum atomic E-state index is -1.25. The van der Waals surface area contributed by atoms with Gasteiger partial charge in [-0.3, -0.25) is 34.1 Å². The molecule has 17 heteroatoms. The summed E-state index contributed by atoms with van der Waals surface area (Å²) < 4.78 is 5.60. The van der Waals surface area contributed by atoms with Crippen molar-refractivity contribution in [1.29, 1.82) is 0 Å². The van der Waals surface area contributed by atoms with Crippen LogP contribution in [-0.2, 0) is 33.5 Å². The van der Waals surface area contributed by atoms with E-state index < -0.39 is 77.3 Å². The van der Waals surface area contributed by atoms with Crippen molar-refractivity contribution < 1.29 is 43.1 Å². The highest BCUT2D eigenvalue weighted by molar-refractivity contribution is 5.99. The lowest BCUT2D eigenvalue weighted by Gasteiger charge is -2.37. The van der Waals surface area contributed by atoms with Gasteiger partial charge in [-0.05, 0) is 45.4 Å². The van der Waals surface area contributed by atoms with Gasteiger partial charge >= 0.3 is 12.1 Å². The van der Waals surface area contributed by atoms with Crippen LogP contribution in [0.25, 0.3) is 0 Å². The highest BCUT2D eigenvalue weighted by Gasteiger charge is 2.40. The van der Waals surface area contributed by atoms with Gasteiger partial charge in [-0.2, -0.15) is 0 Å². The summed E-state index contributed by atoms with van der Waals surface area (Å²) in [6.45, 7) is 13.2. The van der Waals surface area contributed by atoms with Crippen molar-refractivity contribution in [3.63, 3.8) is 0 Å². The van der Waals surface area contributed by atoms with Gasteiger partial charge in [0.15, 0.2) is 0 Å². The van der Waals surface area contributed by atoms with Crippen LogP contribution in [0.4, 0.5) is 9.59 Å². The molecular formula is C34H62N8O9. The highest BCUT2D eigenvalue weighted by atomic mass is 16.6. The molecule has 0 aromatic carbocycles. The third-order valence-corrected chi connectivity index (χ3v) is 8.10. The SMILES string of the molecule is CCCC(=O)N(C)CC(=O)N(C)[C@@H](CC(C)(C)OC(=O)N(C)C)C(=O)N[C@H](C(=O)N(C)[C@@H](CC(C)C)C(=O)N[C@H](C)C(=O)NC(=O)NC)C(C)C. The lowest BCUT2D eigenvalue weighted by molar-refractivity contribution is -0.147. The van der Waals surface area contributed by atoms with E-state index >= 15 is 0 Å². The van der Waals surface area contributed by atoms with E-state index in [-0.39, 0.29) is 37.6 Å². The minimum Gasteiger partial charge on any atom is -0.443 e. The molecule has 292 valence electrons. The predicted molar refractivity (Wildman–Crippen MR) is 191 cm³/mol. The average Bonchev–Trinajstić information content (AvgIpc) is 3.02. The third-order valence-electron chi connectivity index (χ3n) is 8.10. The number of hydrogen-bond donors (Lipinski definition) is 4. The number of nitrogens with zero attached hydrogens (tertiary/aromatic N) is 4. The zero-order valence-corrected chi connectivity index (χ0v) is 33.0. The van der Waals surface area contributed by atoms with Gasteiger partial charge in [-0.25, -0.2) is 9.59 Å². The van der Waals surface area contributed by atoms with E-state index in [4.69, 9.17) is 4.74 Å². The summed E-state index contributed by atoms with van der Waals surface area (Å²) in [7, 11) is 8.66. The monoisotopic (exact) mass is 726 g/mol. The normalized spacial score (nSPS) is 13.6. The van der Waals surface area contributed by atoms with Crippen LogP contribution in [-0.4, -0.2) is 146 Å². The Hall–Kier alpha value is -4.44. The summed E-state index contributed by atoms with van der Waals surface area (Å²) in [5, 5.41) is 9.67. The Bertz CT molecular complexity index is 1250. The first-order chi connectivity index (χ1) is 23.4. The van der Waals surface area contributed by atoms with Crippen molar-refractivity contribution in [2.45, 2.75) is 111 Å². The van der Waals surface area contributed by atoms with Gasteiger partial charge < -0.3 is 40.3 Å². The molecule has 0 spiro atoms. The fraction of sp³-hybridized carbons (Fsp3) is 0.765. The number of carbonyl (C=O) groups excluding carboxylic acids is 8. The van der Waals surface area contributed by atoms with Crippen molar-refractivity contribution in [2.75, 3.05) is 48.8 Å². The maximum absolute atomic E-state index is 14.1. The highest BCUT2D eigenvalue weighted by Crippen LogP contribution is 2.22. The van der Waals surface area contributed by atoms with Crippen LogP contribution in [0.3, 0.4) is 0 Å². The number of nitrogens with one attached hydrogen (secondary N) is 4. The molecule has 0 saturated heterocycles. The Morgan fingerprint density at radius 2 is 1.29 bits per heavy atom. The number of likely N-dealkylation sites (N-methyl/N-ethyl adjacent to an activating group) is 3. The molecule has 0 aliphatic rings. The van der Waals surface area contributed by atoms with Gasteiger partial charge in [0.2, 0.25) is 35.4 Å². The maximum atomic E-state index is 14.1. The van der Waals surface area contributed by atoms with Gasteiger partial charge in [0.05, 0.1) is 6.54 Å². The molecule has 0 aliphatic carbocycles. The van der Waals surface area contributed by atoms with Crippen molar-refractivity contribution in [1.82, 2.24) is 40.9 Å². The van der Waals surface area contributed by atoms with E-state index in [1.165, 1.54) is 68.8 Å². The summed E-state index contributed by atoms with van der Waals surface area (Å²) in [6.07, 6.45) is 0.232.